The molecule has 2 amide bonds. The number of nitrogens with one attached hydrogen (secondary N) is 1. The molecule has 1 N–H and O–H groups in total. The zero-order valence-electron chi connectivity index (χ0n) is 15.6. The van der Waals surface area contributed by atoms with Crippen molar-refractivity contribution in [2.24, 2.45) is 0 Å². The van der Waals surface area contributed by atoms with Crippen molar-refractivity contribution in [3.63, 3.8) is 0 Å². The van der Waals surface area contributed by atoms with E-state index in [4.69, 9.17) is 0 Å². The van der Waals surface area contributed by atoms with Crippen LogP contribution in [0.15, 0.2) is 41.9 Å². The molecule has 0 spiro atoms. The van der Waals surface area contributed by atoms with Gasteiger partial charge in [0, 0.05) is 42.9 Å². The highest BCUT2D eigenvalue weighted by Gasteiger charge is 2.16. The molecule has 0 fully saturated rings. The summed E-state index contributed by atoms with van der Waals surface area (Å²) in [5.41, 5.74) is 0.633. The molecule has 0 unspecified atom stereocenters. The number of likely N-dealkylation sites (N-methyl/N-ethyl adjacent to an activating group) is 1. The molecular formula is C18H21N5O4S. The van der Waals surface area contributed by atoms with Crippen LogP contribution in [0, 0.1) is 10.1 Å². The van der Waals surface area contributed by atoms with Crippen LogP contribution in [-0.2, 0) is 9.59 Å². The predicted molar refractivity (Wildman–Crippen MR) is 108 cm³/mol. The third-order valence-electron chi connectivity index (χ3n) is 3.66. The number of nitro groups is 1. The molecule has 2 rings (SSSR count). The topological polar surface area (TPSA) is 109 Å². The van der Waals surface area contributed by atoms with E-state index in [0.29, 0.717) is 23.8 Å². The maximum Gasteiger partial charge on any atom is 0.269 e. The molecule has 0 aliphatic rings. The van der Waals surface area contributed by atoms with Crippen molar-refractivity contribution in [3.05, 3.63) is 57.6 Å². The van der Waals surface area contributed by atoms with E-state index in [1.54, 1.807) is 29.8 Å². The first-order chi connectivity index (χ1) is 13.3. The number of thiazole rings is 1. The number of anilines is 1. The molecular weight excluding hydrogens is 382 g/mol. The van der Waals surface area contributed by atoms with Gasteiger partial charge in [0.25, 0.3) is 5.69 Å². The number of rotatable bonds is 9. The first-order valence-corrected chi connectivity index (χ1v) is 9.28. The minimum Gasteiger partial charge on any atom is -0.329 e. The third-order valence-corrected chi connectivity index (χ3v) is 4.35. The highest BCUT2D eigenvalue weighted by atomic mass is 32.1. The fourth-order valence-corrected chi connectivity index (χ4v) is 2.73. The number of nitro benzene ring substituents is 1. The van der Waals surface area contributed by atoms with Gasteiger partial charge in [0.15, 0.2) is 5.13 Å². The van der Waals surface area contributed by atoms with Crippen molar-refractivity contribution in [3.8, 4) is 0 Å². The maximum absolute atomic E-state index is 12.6. The van der Waals surface area contributed by atoms with E-state index >= 15 is 0 Å². The summed E-state index contributed by atoms with van der Waals surface area (Å²) in [5.74, 6) is -0.653. The van der Waals surface area contributed by atoms with Gasteiger partial charge in [0.05, 0.1) is 4.92 Å². The second kappa shape index (κ2) is 10.3. The Bertz CT molecular complexity index is 834. The molecule has 1 heterocycles. The molecule has 148 valence electrons. The maximum atomic E-state index is 12.6. The largest absolute Gasteiger partial charge is 0.329 e. The Morgan fingerprint density at radius 2 is 1.96 bits per heavy atom. The normalized spacial score (nSPS) is 11.0. The van der Waals surface area contributed by atoms with Crippen molar-refractivity contribution in [2.75, 3.05) is 39.0 Å². The molecule has 28 heavy (non-hydrogen) atoms. The molecule has 1 aromatic carbocycles. The minimum atomic E-state index is -0.483. The summed E-state index contributed by atoms with van der Waals surface area (Å²) in [6.07, 6.45) is 4.50. The van der Waals surface area contributed by atoms with Gasteiger partial charge in [0.2, 0.25) is 11.8 Å². The van der Waals surface area contributed by atoms with E-state index in [1.165, 1.54) is 34.4 Å². The van der Waals surface area contributed by atoms with Crippen LogP contribution in [-0.4, -0.2) is 65.3 Å². The second-order valence-electron chi connectivity index (χ2n) is 6.13. The van der Waals surface area contributed by atoms with Crippen LogP contribution in [0.2, 0.25) is 0 Å². The number of hydrogen-bond donors (Lipinski definition) is 1. The Hall–Kier alpha value is -3.11. The van der Waals surface area contributed by atoms with E-state index in [0.717, 1.165) is 0 Å². The number of carbonyl (C=O) groups is 2. The summed E-state index contributed by atoms with van der Waals surface area (Å²) < 4.78 is 0. The number of amides is 2. The minimum absolute atomic E-state index is 0.0186. The Kier molecular flexibility index (Phi) is 7.78. The summed E-state index contributed by atoms with van der Waals surface area (Å²) in [5, 5.41) is 15.6. The first-order valence-electron chi connectivity index (χ1n) is 8.40. The van der Waals surface area contributed by atoms with Crippen LogP contribution < -0.4 is 5.32 Å². The number of benzene rings is 1. The van der Waals surface area contributed by atoms with Crippen LogP contribution in [0.25, 0.3) is 6.08 Å². The molecule has 10 heteroatoms. The monoisotopic (exact) mass is 403 g/mol. The van der Waals surface area contributed by atoms with Gasteiger partial charge in [-0.15, -0.1) is 11.3 Å². The SMILES string of the molecule is CN(C)CCN(CC(=O)Nc1nccs1)C(=O)C=Cc1ccc([N+](=O)[O-])cc1. The van der Waals surface area contributed by atoms with Crippen LogP contribution >= 0.6 is 11.3 Å². The summed E-state index contributed by atoms with van der Waals surface area (Å²) in [6, 6.07) is 5.85. The molecule has 9 nitrogen and oxygen atoms in total. The predicted octanol–water partition coefficient (Wildman–Crippen LogP) is 2.09. The molecule has 1 aromatic heterocycles. The molecule has 0 bridgehead atoms. The van der Waals surface area contributed by atoms with Gasteiger partial charge in [-0.05, 0) is 37.9 Å². The molecule has 0 radical (unpaired) electrons. The fraction of sp³-hybridized carbons (Fsp3) is 0.278. The number of aromatic nitrogens is 1. The lowest BCUT2D eigenvalue weighted by Crippen LogP contribution is -2.40. The number of hydrogen-bond acceptors (Lipinski definition) is 7. The fourth-order valence-electron chi connectivity index (χ4n) is 2.19. The van der Waals surface area contributed by atoms with Gasteiger partial charge < -0.3 is 15.1 Å². The third kappa shape index (κ3) is 6.89. The highest BCUT2D eigenvalue weighted by Crippen LogP contribution is 2.13. The van der Waals surface area contributed by atoms with Crippen molar-refractivity contribution in [1.29, 1.82) is 0 Å². The zero-order valence-corrected chi connectivity index (χ0v) is 16.4. The Balaban J connectivity index is 2.02. The average molecular weight is 403 g/mol. The lowest BCUT2D eigenvalue weighted by Gasteiger charge is -2.22. The van der Waals surface area contributed by atoms with Gasteiger partial charge in [0.1, 0.15) is 6.54 Å². The zero-order chi connectivity index (χ0) is 20.5. The summed E-state index contributed by atoms with van der Waals surface area (Å²) >= 11 is 1.30. The molecule has 0 atom stereocenters. The lowest BCUT2D eigenvalue weighted by molar-refractivity contribution is -0.384. The Labute approximate surface area is 166 Å². The van der Waals surface area contributed by atoms with Crippen molar-refractivity contribution in [2.45, 2.75) is 0 Å². The Morgan fingerprint density at radius 3 is 2.54 bits per heavy atom. The van der Waals surface area contributed by atoms with Gasteiger partial charge in [-0.2, -0.15) is 0 Å². The van der Waals surface area contributed by atoms with E-state index in [1.807, 2.05) is 19.0 Å². The van der Waals surface area contributed by atoms with Gasteiger partial charge in [-0.25, -0.2) is 4.98 Å². The van der Waals surface area contributed by atoms with Crippen molar-refractivity contribution >= 4 is 40.0 Å². The van der Waals surface area contributed by atoms with Crippen LogP contribution in [0.1, 0.15) is 5.56 Å². The van der Waals surface area contributed by atoms with Crippen LogP contribution in [0.5, 0.6) is 0 Å². The quantitative estimate of drug-likeness (QED) is 0.390. The summed E-state index contributed by atoms with van der Waals surface area (Å²) in [4.78, 5) is 42.3. The smallest absolute Gasteiger partial charge is 0.269 e. The van der Waals surface area contributed by atoms with E-state index in [-0.39, 0.29) is 24.0 Å². The van der Waals surface area contributed by atoms with E-state index < -0.39 is 4.92 Å². The number of nitrogens with zero attached hydrogens (tertiary/aromatic N) is 4. The van der Waals surface area contributed by atoms with E-state index in [9.17, 15) is 19.7 Å². The van der Waals surface area contributed by atoms with E-state index in [2.05, 4.69) is 10.3 Å². The van der Waals surface area contributed by atoms with Gasteiger partial charge in [-0.3, -0.25) is 19.7 Å². The van der Waals surface area contributed by atoms with Crippen LogP contribution in [0.4, 0.5) is 10.8 Å². The van der Waals surface area contributed by atoms with Gasteiger partial charge in [-0.1, -0.05) is 0 Å². The molecule has 0 saturated carbocycles. The first kappa shape index (κ1) is 21.2. The molecule has 0 aliphatic carbocycles. The standard InChI is InChI=1S/C18H21N5O4S/c1-21(2)10-11-22(13-16(24)20-18-19-9-12-28-18)17(25)8-5-14-3-6-15(7-4-14)23(26)27/h3-9,12H,10-11,13H2,1-2H3,(H,19,20,24). The van der Waals surface area contributed by atoms with Crippen LogP contribution in [0.3, 0.4) is 0 Å². The molecule has 2 aromatic rings. The summed E-state index contributed by atoms with van der Waals surface area (Å²) in [7, 11) is 3.76. The number of carbonyl (C=O) groups excluding carboxylic acids is 2. The molecule has 0 aliphatic heterocycles. The summed E-state index contributed by atoms with van der Waals surface area (Å²) in [6.45, 7) is 0.875. The van der Waals surface area contributed by atoms with Crippen molar-refractivity contribution in [1.82, 2.24) is 14.8 Å². The second-order valence-corrected chi connectivity index (χ2v) is 7.03. The van der Waals surface area contributed by atoms with Gasteiger partial charge >= 0.3 is 0 Å². The molecule has 0 saturated heterocycles. The highest BCUT2D eigenvalue weighted by molar-refractivity contribution is 7.13. The Morgan fingerprint density at radius 1 is 1.25 bits per heavy atom. The number of non-ortho nitro benzene ring substituents is 1. The van der Waals surface area contributed by atoms with Crippen molar-refractivity contribution < 1.29 is 14.5 Å². The lowest BCUT2D eigenvalue weighted by atomic mass is 10.2. The average Bonchev–Trinajstić information content (AvgIpc) is 3.16.